The predicted molar refractivity (Wildman–Crippen MR) is 76.6 cm³/mol. The number of anilines is 1. The molecule has 1 amide bonds. The molecule has 9 heteroatoms. The van der Waals surface area contributed by atoms with Crippen molar-refractivity contribution in [3.05, 3.63) is 50.5 Å². The van der Waals surface area contributed by atoms with E-state index in [9.17, 15) is 19.3 Å². The summed E-state index contributed by atoms with van der Waals surface area (Å²) in [7, 11) is 0. The first-order chi connectivity index (χ1) is 9.93. The summed E-state index contributed by atoms with van der Waals surface area (Å²) in [6.07, 6.45) is 0.996. The SMILES string of the molecule is CCn1ncc([N+](=O)[O-])c1C(=O)Nc1ccc(Br)cc1F. The lowest BCUT2D eigenvalue weighted by molar-refractivity contribution is -0.385. The zero-order valence-electron chi connectivity index (χ0n) is 10.8. The minimum Gasteiger partial charge on any atom is -0.318 e. The third kappa shape index (κ3) is 3.07. The molecule has 0 aliphatic rings. The quantitative estimate of drug-likeness (QED) is 0.673. The molecule has 0 saturated carbocycles. The summed E-state index contributed by atoms with van der Waals surface area (Å²) in [5.41, 5.74) is -0.710. The average molecular weight is 357 g/mol. The molecule has 0 spiro atoms. The monoisotopic (exact) mass is 356 g/mol. The van der Waals surface area contributed by atoms with Crippen LogP contribution in [0, 0.1) is 15.9 Å². The van der Waals surface area contributed by atoms with Gasteiger partial charge in [0.25, 0.3) is 5.91 Å². The first-order valence-electron chi connectivity index (χ1n) is 5.90. The molecule has 0 fully saturated rings. The summed E-state index contributed by atoms with van der Waals surface area (Å²) in [5.74, 6) is -1.44. The number of aromatic nitrogens is 2. The molecule has 0 aliphatic heterocycles. The van der Waals surface area contributed by atoms with E-state index in [1.165, 1.54) is 16.8 Å². The van der Waals surface area contributed by atoms with Gasteiger partial charge in [-0.1, -0.05) is 15.9 Å². The van der Waals surface area contributed by atoms with Crippen LogP contribution < -0.4 is 5.32 Å². The van der Waals surface area contributed by atoms with Crippen LogP contribution in [0.3, 0.4) is 0 Å². The van der Waals surface area contributed by atoms with Crippen LogP contribution in [0.4, 0.5) is 15.8 Å². The van der Waals surface area contributed by atoms with E-state index in [1.807, 2.05) is 0 Å². The molecule has 0 bridgehead atoms. The Morgan fingerprint density at radius 3 is 2.86 bits per heavy atom. The van der Waals surface area contributed by atoms with Crippen LogP contribution in [-0.2, 0) is 6.54 Å². The Morgan fingerprint density at radius 1 is 1.57 bits per heavy atom. The third-order valence-corrected chi connectivity index (χ3v) is 3.20. The Morgan fingerprint density at radius 2 is 2.29 bits per heavy atom. The Kier molecular flexibility index (Phi) is 4.32. The molecule has 1 N–H and O–H groups in total. The van der Waals surface area contributed by atoms with Gasteiger partial charge in [-0.2, -0.15) is 5.10 Å². The van der Waals surface area contributed by atoms with E-state index < -0.39 is 22.3 Å². The number of amides is 1. The molecular weight excluding hydrogens is 347 g/mol. The van der Waals surface area contributed by atoms with E-state index in [-0.39, 0.29) is 17.9 Å². The number of benzene rings is 1. The van der Waals surface area contributed by atoms with Crippen molar-refractivity contribution in [1.29, 1.82) is 0 Å². The van der Waals surface area contributed by atoms with Gasteiger partial charge in [0.1, 0.15) is 12.0 Å². The molecule has 1 aromatic carbocycles. The molecule has 2 aromatic rings. The lowest BCUT2D eigenvalue weighted by Gasteiger charge is -2.07. The molecule has 0 atom stereocenters. The Balaban J connectivity index is 2.36. The Labute approximate surface area is 127 Å². The highest BCUT2D eigenvalue weighted by atomic mass is 79.9. The summed E-state index contributed by atoms with van der Waals surface area (Å²) < 4.78 is 15.4. The van der Waals surface area contributed by atoms with Gasteiger partial charge in [-0.15, -0.1) is 0 Å². The van der Waals surface area contributed by atoms with Crippen molar-refractivity contribution in [3.8, 4) is 0 Å². The summed E-state index contributed by atoms with van der Waals surface area (Å²) in [6.45, 7) is 1.97. The standard InChI is InChI=1S/C12H10BrFN4O3/c1-2-17-11(10(6-15-17)18(20)21)12(19)16-9-4-3-7(13)5-8(9)14/h3-6H,2H2,1H3,(H,16,19). The Hall–Kier alpha value is -2.29. The molecule has 110 valence electrons. The minimum atomic E-state index is -0.790. The second kappa shape index (κ2) is 6.00. The van der Waals surface area contributed by atoms with Crippen LogP contribution >= 0.6 is 15.9 Å². The number of nitro groups is 1. The lowest BCUT2D eigenvalue weighted by atomic mass is 10.2. The van der Waals surface area contributed by atoms with Crippen LogP contribution in [-0.4, -0.2) is 20.6 Å². The second-order valence-electron chi connectivity index (χ2n) is 4.03. The number of rotatable bonds is 4. The zero-order valence-corrected chi connectivity index (χ0v) is 12.4. The van der Waals surface area contributed by atoms with Crippen molar-refractivity contribution in [1.82, 2.24) is 9.78 Å². The van der Waals surface area contributed by atoms with Gasteiger partial charge in [0.05, 0.1) is 10.6 Å². The summed E-state index contributed by atoms with van der Waals surface area (Å²) in [4.78, 5) is 22.4. The van der Waals surface area contributed by atoms with Gasteiger partial charge < -0.3 is 5.32 Å². The second-order valence-corrected chi connectivity index (χ2v) is 4.95. The minimum absolute atomic E-state index is 0.0682. The van der Waals surface area contributed by atoms with Gasteiger partial charge in [-0.05, 0) is 25.1 Å². The highest BCUT2D eigenvalue weighted by Gasteiger charge is 2.26. The van der Waals surface area contributed by atoms with Crippen molar-refractivity contribution in [2.24, 2.45) is 0 Å². The highest BCUT2D eigenvalue weighted by Crippen LogP contribution is 2.22. The van der Waals surface area contributed by atoms with Crippen LogP contribution in [0.2, 0.25) is 0 Å². The maximum atomic E-state index is 13.7. The molecule has 0 unspecified atom stereocenters. The van der Waals surface area contributed by atoms with E-state index in [0.29, 0.717) is 4.47 Å². The number of carbonyl (C=O) groups is 1. The number of halogens is 2. The van der Waals surface area contributed by atoms with Gasteiger partial charge in [0.15, 0.2) is 0 Å². The van der Waals surface area contributed by atoms with Crippen molar-refractivity contribution < 1.29 is 14.1 Å². The van der Waals surface area contributed by atoms with E-state index in [2.05, 4.69) is 26.3 Å². The van der Waals surface area contributed by atoms with Gasteiger partial charge in [0.2, 0.25) is 5.69 Å². The number of hydrogen-bond donors (Lipinski definition) is 1. The van der Waals surface area contributed by atoms with Gasteiger partial charge in [0, 0.05) is 11.0 Å². The smallest absolute Gasteiger partial charge is 0.318 e. The molecule has 1 heterocycles. The third-order valence-electron chi connectivity index (χ3n) is 2.71. The maximum absolute atomic E-state index is 13.7. The molecule has 1 aromatic heterocycles. The van der Waals surface area contributed by atoms with Crippen LogP contribution in [0.15, 0.2) is 28.9 Å². The van der Waals surface area contributed by atoms with Crippen LogP contribution in [0.25, 0.3) is 0 Å². The summed E-state index contributed by atoms with van der Waals surface area (Å²) in [6, 6.07) is 4.08. The van der Waals surface area contributed by atoms with Gasteiger partial charge in [-0.25, -0.2) is 4.39 Å². The van der Waals surface area contributed by atoms with E-state index in [0.717, 1.165) is 6.20 Å². The van der Waals surface area contributed by atoms with E-state index in [4.69, 9.17) is 0 Å². The van der Waals surface area contributed by atoms with Crippen LogP contribution in [0.5, 0.6) is 0 Å². The van der Waals surface area contributed by atoms with Crippen molar-refractivity contribution in [2.75, 3.05) is 5.32 Å². The number of hydrogen-bond acceptors (Lipinski definition) is 4. The molecule has 2 rings (SSSR count). The predicted octanol–water partition coefficient (Wildman–Crippen LogP) is 2.97. The highest BCUT2D eigenvalue weighted by molar-refractivity contribution is 9.10. The van der Waals surface area contributed by atoms with Crippen molar-refractivity contribution >= 4 is 33.2 Å². The molecule has 0 saturated heterocycles. The fourth-order valence-corrected chi connectivity index (χ4v) is 2.09. The number of carbonyl (C=O) groups excluding carboxylic acids is 1. The number of nitrogens with zero attached hydrogens (tertiary/aromatic N) is 3. The van der Waals surface area contributed by atoms with Gasteiger partial charge in [-0.3, -0.25) is 19.6 Å². The molecular formula is C12H10BrFN4O3. The maximum Gasteiger partial charge on any atom is 0.320 e. The normalized spacial score (nSPS) is 10.4. The molecule has 21 heavy (non-hydrogen) atoms. The van der Waals surface area contributed by atoms with Crippen molar-refractivity contribution in [2.45, 2.75) is 13.5 Å². The lowest BCUT2D eigenvalue weighted by Crippen LogP contribution is -2.19. The first kappa shape index (κ1) is 15.1. The summed E-state index contributed by atoms with van der Waals surface area (Å²) in [5, 5.41) is 17.0. The van der Waals surface area contributed by atoms with Gasteiger partial charge >= 0.3 is 5.69 Å². The number of nitrogens with one attached hydrogen (secondary N) is 1. The average Bonchev–Trinajstić information content (AvgIpc) is 2.86. The van der Waals surface area contributed by atoms with E-state index in [1.54, 1.807) is 13.0 Å². The van der Waals surface area contributed by atoms with Crippen molar-refractivity contribution in [3.63, 3.8) is 0 Å². The Bertz CT molecular complexity index is 717. The molecule has 7 nitrogen and oxygen atoms in total. The zero-order chi connectivity index (χ0) is 15.6. The number of aryl methyl sites for hydroxylation is 1. The van der Waals surface area contributed by atoms with Crippen LogP contribution in [0.1, 0.15) is 17.4 Å². The summed E-state index contributed by atoms with van der Waals surface area (Å²) >= 11 is 3.10. The first-order valence-corrected chi connectivity index (χ1v) is 6.70. The largest absolute Gasteiger partial charge is 0.320 e. The molecule has 0 radical (unpaired) electrons. The fourth-order valence-electron chi connectivity index (χ4n) is 1.75. The molecule has 0 aliphatic carbocycles. The topological polar surface area (TPSA) is 90.1 Å². The van der Waals surface area contributed by atoms with E-state index >= 15 is 0 Å². The fraction of sp³-hybridized carbons (Fsp3) is 0.167.